The van der Waals surface area contributed by atoms with E-state index in [9.17, 15) is 0 Å². The Kier molecular flexibility index (Phi) is 6.49. The van der Waals surface area contributed by atoms with Gasteiger partial charge in [-0.15, -0.1) is 0 Å². The molecule has 0 aliphatic carbocycles. The first-order valence-corrected chi connectivity index (χ1v) is 8.20. The summed E-state index contributed by atoms with van der Waals surface area (Å²) in [6.45, 7) is 6.85. The third-order valence-corrected chi connectivity index (χ3v) is 3.91. The summed E-state index contributed by atoms with van der Waals surface area (Å²) in [6, 6.07) is 22.2. The molecule has 0 N–H and O–H groups in total. The molecular weight excluding hydrogens is 254 g/mol. The van der Waals surface area contributed by atoms with E-state index < -0.39 is 0 Å². The molecule has 0 saturated heterocycles. The van der Waals surface area contributed by atoms with E-state index in [2.05, 4.69) is 79.4 Å². The van der Waals surface area contributed by atoms with E-state index >= 15 is 0 Å². The Bertz CT molecular complexity index is 452. The zero-order valence-electron chi connectivity index (χ0n) is 13.3. The smallest absolute Gasteiger partial charge is 0.0601 e. The van der Waals surface area contributed by atoms with Gasteiger partial charge >= 0.3 is 0 Å². The van der Waals surface area contributed by atoms with E-state index in [0.29, 0.717) is 6.04 Å². The number of rotatable bonds is 8. The van der Waals surface area contributed by atoms with E-state index in [1.165, 1.54) is 36.9 Å². The van der Waals surface area contributed by atoms with Crippen LogP contribution in [-0.4, -0.2) is 18.0 Å². The molecule has 1 heteroatoms. The normalized spacial score (nSPS) is 11.2. The molecule has 2 rings (SSSR count). The molecule has 0 atom stereocenters. The highest BCUT2D eigenvalue weighted by Crippen LogP contribution is 2.29. The van der Waals surface area contributed by atoms with Gasteiger partial charge in [-0.25, -0.2) is 0 Å². The lowest BCUT2D eigenvalue weighted by Gasteiger charge is -2.32. The predicted octanol–water partition coefficient (Wildman–Crippen LogP) is 5.29. The Morgan fingerprint density at radius 1 is 0.714 bits per heavy atom. The van der Waals surface area contributed by atoms with E-state index in [4.69, 9.17) is 0 Å². The summed E-state index contributed by atoms with van der Waals surface area (Å²) in [5, 5.41) is 0. The minimum atomic E-state index is 0.374. The fourth-order valence-electron chi connectivity index (χ4n) is 2.90. The van der Waals surface area contributed by atoms with Crippen LogP contribution in [0.5, 0.6) is 0 Å². The van der Waals surface area contributed by atoms with Crippen molar-refractivity contribution in [3.05, 3.63) is 71.8 Å². The van der Waals surface area contributed by atoms with Crippen LogP contribution in [0.25, 0.3) is 0 Å². The quantitative estimate of drug-likeness (QED) is 0.635. The van der Waals surface area contributed by atoms with E-state index in [1.807, 2.05) is 0 Å². The summed E-state index contributed by atoms with van der Waals surface area (Å²) >= 11 is 0. The first-order valence-electron chi connectivity index (χ1n) is 8.20. The molecule has 1 nitrogen and oxygen atoms in total. The maximum Gasteiger partial charge on any atom is 0.0601 e. The molecule has 0 spiro atoms. The maximum atomic E-state index is 2.63. The largest absolute Gasteiger partial charge is 0.292 e. The molecule has 0 fully saturated rings. The van der Waals surface area contributed by atoms with Gasteiger partial charge in [0.2, 0.25) is 0 Å². The number of unbranched alkanes of at least 4 members (excludes halogenated alkanes) is 1. The minimum Gasteiger partial charge on any atom is -0.292 e. The van der Waals surface area contributed by atoms with Crippen molar-refractivity contribution in [3.63, 3.8) is 0 Å². The van der Waals surface area contributed by atoms with Crippen LogP contribution in [-0.2, 0) is 0 Å². The SMILES string of the molecule is CCCCN(CCC)C(c1ccccc1)c1ccccc1. The van der Waals surface area contributed by atoms with Gasteiger partial charge in [0.15, 0.2) is 0 Å². The molecular formula is C20H27N. The molecule has 0 aliphatic heterocycles. The van der Waals surface area contributed by atoms with Crippen LogP contribution in [0.4, 0.5) is 0 Å². The van der Waals surface area contributed by atoms with Gasteiger partial charge in [0, 0.05) is 0 Å². The van der Waals surface area contributed by atoms with Crippen LogP contribution in [0, 0.1) is 0 Å². The van der Waals surface area contributed by atoms with E-state index in [1.54, 1.807) is 0 Å². The molecule has 2 aromatic rings. The highest BCUT2D eigenvalue weighted by atomic mass is 15.1. The second-order valence-electron chi connectivity index (χ2n) is 5.61. The lowest BCUT2D eigenvalue weighted by molar-refractivity contribution is 0.222. The zero-order chi connectivity index (χ0) is 14.9. The lowest BCUT2D eigenvalue weighted by atomic mass is 9.96. The van der Waals surface area contributed by atoms with E-state index in [-0.39, 0.29) is 0 Å². The molecule has 112 valence electrons. The molecule has 0 saturated carbocycles. The van der Waals surface area contributed by atoms with Crippen molar-refractivity contribution < 1.29 is 0 Å². The van der Waals surface area contributed by atoms with Gasteiger partial charge in [-0.05, 0) is 37.1 Å². The second kappa shape index (κ2) is 8.63. The van der Waals surface area contributed by atoms with Gasteiger partial charge in [-0.1, -0.05) is 80.9 Å². The van der Waals surface area contributed by atoms with Gasteiger partial charge in [0.1, 0.15) is 0 Å². The first kappa shape index (κ1) is 15.8. The summed E-state index contributed by atoms with van der Waals surface area (Å²) in [6.07, 6.45) is 3.70. The molecule has 0 aliphatic rings. The summed E-state index contributed by atoms with van der Waals surface area (Å²) in [4.78, 5) is 2.63. The van der Waals surface area contributed by atoms with Crippen molar-refractivity contribution in [1.82, 2.24) is 4.90 Å². The number of benzene rings is 2. The standard InChI is InChI=1S/C20H27N/c1-3-5-17-21(16-4-2)20(18-12-8-6-9-13-18)19-14-10-7-11-15-19/h6-15,20H,3-5,16-17H2,1-2H3. The van der Waals surface area contributed by atoms with Crippen molar-refractivity contribution in [3.8, 4) is 0 Å². The monoisotopic (exact) mass is 281 g/mol. The van der Waals surface area contributed by atoms with Crippen molar-refractivity contribution in [2.24, 2.45) is 0 Å². The molecule has 0 bridgehead atoms. The van der Waals surface area contributed by atoms with Gasteiger partial charge in [-0.3, -0.25) is 4.90 Å². The molecule has 2 aromatic carbocycles. The summed E-state index contributed by atoms with van der Waals surface area (Å²) in [5.41, 5.74) is 2.79. The Hall–Kier alpha value is -1.60. The predicted molar refractivity (Wildman–Crippen MR) is 91.5 cm³/mol. The fourth-order valence-corrected chi connectivity index (χ4v) is 2.90. The number of hydrogen-bond acceptors (Lipinski definition) is 1. The van der Waals surface area contributed by atoms with Gasteiger partial charge in [-0.2, -0.15) is 0 Å². The number of nitrogens with zero attached hydrogens (tertiary/aromatic N) is 1. The van der Waals surface area contributed by atoms with Crippen LogP contribution in [0.2, 0.25) is 0 Å². The minimum absolute atomic E-state index is 0.374. The van der Waals surface area contributed by atoms with Crippen LogP contribution in [0.15, 0.2) is 60.7 Å². The molecule has 0 aromatic heterocycles. The topological polar surface area (TPSA) is 3.24 Å². The Labute approximate surface area is 129 Å². The highest BCUT2D eigenvalue weighted by Gasteiger charge is 2.20. The van der Waals surface area contributed by atoms with Crippen molar-refractivity contribution in [1.29, 1.82) is 0 Å². The Balaban J connectivity index is 2.34. The van der Waals surface area contributed by atoms with Crippen LogP contribution in [0.3, 0.4) is 0 Å². The fraction of sp³-hybridized carbons (Fsp3) is 0.400. The molecule has 0 amide bonds. The molecule has 21 heavy (non-hydrogen) atoms. The lowest BCUT2D eigenvalue weighted by Crippen LogP contribution is -2.31. The van der Waals surface area contributed by atoms with Crippen molar-refractivity contribution >= 4 is 0 Å². The summed E-state index contributed by atoms with van der Waals surface area (Å²) in [5.74, 6) is 0. The van der Waals surface area contributed by atoms with Gasteiger partial charge in [0.25, 0.3) is 0 Å². The average molecular weight is 281 g/mol. The third kappa shape index (κ3) is 4.44. The van der Waals surface area contributed by atoms with Gasteiger partial charge in [0.05, 0.1) is 6.04 Å². The second-order valence-corrected chi connectivity index (χ2v) is 5.61. The van der Waals surface area contributed by atoms with Crippen LogP contribution in [0.1, 0.15) is 50.3 Å². The first-order chi connectivity index (χ1) is 10.4. The Morgan fingerprint density at radius 2 is 1.24 bits per heavy atom. The summed E-state index contributed by atoms with van der Waals surface area (Å²) in [7, 11) is 0. The molecule has 0 heterocycles. The van der Waals surface area contributed by atoms with Crippen molar-refractivity contribution in [2.75, 3.05) is 13.1 Å². The van der Waals surface area contributed by atoms with Crippen molar-refractivity contribution in [2.45, 2.75) is 39.2 Å². The van der Waals surface area contributed by atoms with Crippen LogP contribution < -0.4 is 0 Å². The maximum absolute atomic E-state index is 2.63. The summed E-state index contributed by atoms with van der Waals surface area (Å²) < 4.78 is 0. The molecule has 0 unspecified atom stereocenters. The molecule has 0 radical (unpaired) electrons. The highest BCUT2D eigenvalue weighted by molar-refractivity contribution is 5.31. The van der Waals surface area contributed by atoms with Crippen LogP contribution >= 0.6 is 0 Å². The third-order valence-electron chi connectivity index (χ3n) is 3.91. The Morgan fingerprint density at radius 3 is 1.67 bits per heavy atom. The number of hydrogen-bond donors (Lipinski definition) is 0. The zero-order valence-corrected chi connectivity index (χ0v) is 13.3. The van der Waals surface area contributed by atoms with E-state index in [0.717, 1.165) is 6.54 Å². The average Bonchev–Trinajstić information content (AvgIpc) is 2.55. The van der Waals surface area contributed by atoms with Gasteiger partial charge < -0.3 is 0 Å².